The number of carbonyl (C=O) groups excluding carboxylic acids is 1. The summed E-state index contributed by atoms with van der Waals surface area (Å²) in [5.41, 5.74) is 2.91. The minimum Gasteiger partial charge on any atom is -0.497 e. The molecule has 0 bridgehead atoms. The summed E-state index contributed by atoms with van der Waals surface area (Å²) in [4.78, 5) is 13.0. The third-order valence-corrected chi connectivity index (χ3v) is 5.64. The number of furan rings is 1. The normalized spacial score (nSPS) is 20.4. The Kier molecular flexibility index (Phi) is 4.85. The number of methoxy groups -OCH3 is 1. The highest BCUT2D eigenvalue weighted by Gasteiger charge is 2.35. The zero-order valence-corrected chi connectivity index (χ0v) is 16.7. The van der Waals surface area contributed by atoms with Crippen LogP contribution in [0.4, 0.5) is 0 Å². The van der Waals surface area contributed by atoms with E-state index in [4.69, 9.17) is 9.15 Å². The number of ether oxygens (including phenoxy) is 1. The van der Waals surface area contributed by atoms with Crippen LogP contribution in [0, 0.1) is 12.8 Å². The van der Waals surface area contributed by atoms with Crippen LogP contribution in [-0.2, 0) is 11.8 Å². The van der Waals surface area contributed by atoms with Crippen molar-refractivity contribution in [2.24, 2.45) is 13.0 Å². The molecule has 2 aromatic heterocycles. The van der Waals surface area contributed by atoms with Crippen LogP contribution in [0.5, 0.6) is 5.75 Å². The predicted molar refractivity (Wildman–Crippen MR) is 106 cm³/mol. The van der Waals surface area contributed by atoms with E-state index in [2.05, 4.69) is 15.7 Å². The van der Waals surface area contributed by atoms with Crippen molar-refractivity contribution in [3.05, 3.63) is 47.5 Å². The molecule has 0 aliphatic carbocycles. The first-order chi connectivity index (χ1) is 13.5. The van der Waals surface area contributed by atoms with Crippen LogP contribution in [0.1, 0.15) is 35.8 Å². The molecule has 3 aromatic rings. The first-order valence-electron chi connectivity index (χ1n) is 9.54. The Morgan fingerprint density at radius 1 is 1.43 bits per heavy atom. The number of amides is 1. The minimum atomic E-state index is -0.221. The van der Waals surface area contributed by atoms with Gasteiger partial charge in [0.05, 0.1) is 25.3 Å². The van der Waals surface area contributed by atoms with E-state index in [-0.39, 0.29) is 23.8 Å². The molecule has 7 nitrogen and oxygen atoms in total. The van der Waals surface area contributed by atoms with Gasteiger partial charge in [0.15, 0.2) is 0 Å². The minimum absolute atomic E-state index is 0.0313. The Labute approximate surface area is 164 Å². The number of nitrogens with one attached hydrogen (secondary N) is 2. The number of rotatable bonds is 5. The number of carbonyl (C=O) groups is 1. The molecule has 0 spiro atoms. The molecule has 1 amide bonds. The first-order valence-corrected chi connectivity index (χ1v) is 9.54. The summed E-state index contributed by atoms with van der Waals surface area (Å²) in [6.07, 6.45) is 3.83. The maximum atomic E-state index is 13.0. The van der Waals surface area contributed by atoms with Crippen molar-refractivity contribution in [3.63, 3.8) is 0 Å². The van der Waals surface area contributed by atoms with Crippen LogP contribution in [0.2, 0.25) is 0 Å². The molecule has 2 N–H and O–H groups in total. The molecule has 1 fully saturated rings. The van der Waals surface area contributed by atoms with Gasteiger partial charge >= 0.3 is 0 Å². The number of aryl methyl sites for hydroxylation is 2. The zero-order valence-electron chi connectivity index (χ0n) is 16.7. The second-order valence-corrected chi connectivity index (χ2v) is 7.50. The highest BCUT2D eigenvalue weighted by Crippen LogP contribution is 2.33. The third kappa shape index (κ3) is 3.26. The number of aromatic nitrogens is 2. The summed E-state index contributed by atoms with van der Waals surface area (Å²) in [6.45, 7) is 5.41. The molecule has 4 rings (SSSR count). The molecule has 3 atom stereocenters. The van der Waals surface area contributed by atoms with E-state index in [1.807, 2.05) is 51.5 Å². The van der Waals surface area contributed by atoms with Crippen LogP contribution < -0.4 is 15.4 Å². The molecule has 7 heteroatoms. The average molecular weight is 382 g/mol. The van der Waals surface area contributed by atoms with Gasteiger partial charge in [-0.15, -0.1) is 0 Å². The summed E-state index contributed by atoms with van der Waals surface area (Å²) in [6, 6.07) is 5.52. The van der Waals surface area contributed by atoms with Crippen molar-refractivity contribution >= 4 is 16.9 Å². The van der Waals surface area contributed by atoms with Crippen molar-refractivity contribution in [3.8, 4) is 5.75 Å². The molecule has 1 aromatic carbocycles. The second kappa shape index (κ2) is 7.31. The predicted octanol–water partition coefficient (Wildman–Crippen LogP) is 2.66. The van der Waals surface area contributed by atoms with Gasteiger partial charge in [-0.3, -0.25) is 9.48 Å². The lowest BCUT2D eigenvalue weighted by Gasteiger charge is -2.20. The van der Waals surface area contributed by atoms with Crippen molar-refractivity contribution in [1.82, 2.24) is 20.4 Å². The van der Waals surface area contributed by atoms with Crippen molar-refractivity contribution in [2.45, 2.75) is 25.8 Å². The summed E-state index contributed by atoms with van der Waals surface area (Å²) < 4.78 is 13.1. The Morgan fingerprint density at radius 3 is 2.96 bits per heavy atom. The van der Waals surface area contributed by atoms with E-state index in [1.54, 1.807) is 11.8 Å². The summed E-state index contributed by atoms with van der Waals surface area (Å²) in [7, 11) is 3.54. The molecule has 3 heterocycles. The van der Waals surface area contributed by atoms with Gasteiger partial charge < -0.3 is 19.8 Å². The number of hydrogen-bond acceptors (Lipinski definition) is 5. The summed E-state index contributed by atoms with van der Waals surface area (Å²) >= 11 is 0. The Hall–Kier alpha value is -2.80. The quantitative estimate of drug-likeness (QED) is 0.709. The van der Waals surface area contributed by atoms with Crippen molar-refractivity contribution in [2.75, 3.05) is 20.2 Å². The lowest BCUT2D eigenvalue weighted by molar-refractivity contribution is -0.125. The third-order valence-electron chi connectivity index (χ3n) is 5.64. The van der Waals surface area contributed by atoms with E-state index in [0.29, 0.717) is 6.54 Å². The lowest BCUT2D eigenvalue weighted by atomic mass is 9.90. The SMILES string of the molecule is COc1ccc2oc(C(C)NC(=O)[C@H]3CNC[C@@H]3c3cnn(C)c3)c(C)c2c1. The van der Waals surface area contributed by atoms with E-state index in [9.17, 15) is 4.79 Å². The van der Waals surface area contributed by atoms with E-state index >= 15 is 0 Å². The molecule has 0 radical (unpaired) electrons. The molecular weight excluding hydrogens is 356 g/mol. The Balaban J connectivity index is 1.53. The molecule has 1 saturated heterocycles. The van der Waals surface area contributed by atoms with Crippen LogP contribution in [0.15, 0.2) is 35.0 Å². The van der Waals surface area contributed by atoms with Gasteiger partial charge in [0.1, 0.15) is 17.1 Å². The van der Waals surface area contributed by atoms with Gasteiger partial charge in [-0.1, -0.05) is 0 Å². The van der Waals surface area contributed by atoms with Gasteiger partial charge in [-0.25, -0.2) is 0 Å². The largest absolute Gasteiger partial charge is 0.497 e. The molecule has 0 saturated carbocycles. The molecule has 1 aliphatic rings. The lowest BCUT2D eigenvalue weighted by Crippen LogP contribution is -2.36. The number of benzene rings is 1. The Morgan fingerprint density at radius 2 is 2.25 bits per heavy atom. The maximum absolute atomic E-state index is 13.0. The highest BCUT2D eigenvalue weighted by molar-refractivity contribution is 5.84. The van der Waals surface area contributed by atoms with Gasteiger partial charge in [0.2, 0.25) is 5.91 Å². The van der Waals surface area contributed by atoms with Gasteiger partial charge in [0.25, 0.3) is 0 Å². The molecule has 148 valence electrons. The van der Waals surface area contributed by atoms with Crippen molar-refractivity contribution < 1.29 is 13.9 Å². The van der Waals surface area contributed by atoms with Crippen LogP contribution >= 0.6 is 0 Å². The average Bonchev–Trinajstić information content (AvgIpc) is 3.40. The standard InChI is InChI=1S/C21H26N4O3/c1-12-16-7-15(27-4)5-6-19(16)28-20(12)13(2)24-21(26)18-10-22-9-17(18)14-8-23-25(3)11-14/h5-8,11,13,17-18,22H,9-10H2,1-4H3,(H,24,26)/t13?,17-,18+/m1/s1. The zero-order chi connectivity index (χ0) is 19.8. The topological polar surface area (TPSA) is 81.3 Å². The first kappa shape index (κ1) is 18.6. The number of hydrogen-bond donors (Lipinski definition) is 2. The second-order valence-electron chi connectivity index (χ2n) is 7.50. The summed E-state index contributed by atoms with van der Waals surface area (Å²) in [5.74, 6) is 1.60. The fourth-order valence-corrected chi connectivity index (χ4v) is 4.08. The van der Waals surface area contributed by atoms with Gasteiger partial charge in [-0.2, -0.15) is 5.10 Å². The maximum Gasteiger partial charge on any atom is 0.225 e. The molecule has 1 unspecified atom stereocenters. The molecular formula is C21H26N4O3. The van der Waals surface area contributed by atoms with E-state index in [0.717, 1.165) is 40.2 Å². The van der Waals surface area contributed by atoms with Gasteiger partial charge in [0, 0.05) is 43.2 Å². The van der Waals surface area contributed by atoms with E-state index in [1.165, 1.54) is 0 Å². The monoisotopic (exact) mass is 382 g/mol. The van der Waals surface area contributed by atoms with Crippen LogP contribution in [0.3, 0.4) is 0 Å². The fraction of sp³-hybridized carbons (Fsp3) is 0.429. The van der Waals surface area contributed by atoms with Gasteiger partial charge in [-0.05, 0) is 37.6 Å². The van der Waals surface area contributed by atoms with Crippen LogP contribution in [-0.4, -0.2) is 35.9 Å². The molecule has 1 aliphatic heterocycles. The smallest absolute Gasteiger partial charge is 0.225 e. The Bertz CT molecular complexity index is 1010. The molecule has 28 heavy (non-hydrogen) atoms. The number of fused-ring (bicyclic) bond motifs is 1. The number of nitrogens with zero attached hydrogens (tertiary/aromatic N) is 2. The fourth-order valence-electron chi connectivity index (χ4n) is 4.08. The van der Waals surface area contributed by atoms with E-state index < -0.39 is 0 Å². The summed E-state index contributed by atoms with van der Waals surface area (Å²) in [5, 5.41) is 11.7. The van der Waals surface area contributed by atoms with Crippen LogP contribution in [0.25, 0.3) is 11.0 Å². The highest BCUT2D eigenvalue weighted by atomic mass is 16.5. The van der Waals surface area contributed by atoms with Crippen molar-refractivity contribution in [1.29, 1.82) is 0 Å².